The van der Waals surface area contributed by atoms with E-state index in [1.54, 1.807) is 0 Å². The number of nitrogens with zero attached hydrogens (tertiary/aromatic N) is 1. The number of rotatable bonds is 2. The van der Waals surface area contributed by atoms with Gasteiger partial charge < -0.3 is 0 Å². The number of halogens is 2. The lowest BCUT2D eigenvalue weighted by atomic mass is 10.3. The van der Waals surface area contributed by atoms with Gasteiger partial charge in [-0.1, -0.05) is 0 Å². The van der Waals surface area contributed by atoms with Crippen molar-refractivity contribution in [2.24, 2.45) is 4.36 Å². The minimum Gasteiger partial charge on any atom is -0.250 e. The highest BCUT2D eigenvalue weighted by atomic mass is 35.7. The maximum atomic E-state index is 13.1. The van der Waals surface area contributed by atoms with Crippen LogP contribution in [0.5, 0.6) is 0 Å². The minimum atomic E-state index is -4.17. The topological polar surface area (TPSA) is 63.6 Å². The molecule has 0 aromatic heterocycles. The largest absolute Gasteiger partial charge is 0.264 e. The maximum absolute atomic E-state index is 13.1. The van der Waals surface area contributed by atoms with Crippen LogP contribution < -0.4 is 0 Å². The minimum absolute atomic E-state index is 0.107. The highest BCUT2D eigenvalue weighted by molar-refractivity contribution is 8.13. The van der Waals surface area contributed by atoms with Crippen LogP contribution in [-0.4, -0.2) is 25.1 Å². The monoisotopic (exact) mass is 285 g/mol. The first-order valence-electron chi connectivity index (χ1n) is 4.01. The van der Waals surface area contributed by atoms with Crippen molar-refractivity contribution in [3.63, 3.8) is 0 Å². The highest BCUT2D eigenvalue weighted by Gasteiger charge is 2.16. The van der Waals surface area contributed by atoms with Gasteiger partial charge in [0.25, 0.3) is 9.05 Å². The summed E-state index contributed by atoms with van der Waals surface area (Å²) in [5.41, 5.74) is 0.107. The predicted molar refractivity (Wildman–Crippen MR) is 61.5 cm³/mol. The lowest BCUT2D eigenvalue weighted by Gasteiger charge is -2.01. The van der Waals surface area contributed by atoms with Gasteiger partial charge in [0.05, 0.1) is 5.69 Å². The molecule has 0 aliphatic heterocycles. The third-order valence-electron chi connectivity index (χ3n) is 1.50. The van der Waals surface area contributed by atoms with Crippen molar-refractivity contribution in [1.29, 1.82) is 0 Å². The molecule has 8 heteroatoms. The number of hydrogen-bond donors (Lipinski definition) is 0. The van der Waals surface area contributed by atoms with Crippen LogP contribution in [-0.2, 0) is 18.8 Å². The molecule has 0 unspecified atom stereocenters. The molecule has 0 amide bonds. The smallest absolute Gasteiger partial charge is 0.250 e. The van der Waals surface area contributed by atoms with Gasteiger partial charge in [-0.25, -0.2) is 17.0 Å². The van der Waals surface area contributed by atoms with E-state index in [1.807, 2.05) is 0 Å². The van der Waals surface area contributed by atoms with Crippen molar-refractivity contribution in [3.8, 4) is 0 Å². The summed E-state index contributed by atoms with van der Waals surface area (Å²) in [6, 6.07) is 3.09. The number of hydrogen-bond acceptors (Lipinski definition) is 4. The van der Waals surface area contributed by atoms with Crippen molar-refractivity contribution in [3.05, 3.63) is 24.0 Å². The Morgan fingerprint density at radius 2 is 1.81 bits per heavy atom. The summed E-state index contributed by atoms with van der Waals surface area (Å²) in [4.78, 5) is -0.668. The summed E-state index contributed by atoms with van der Waals surface area (Å²) >= 11 is 0. The molecule has 0 aliphatic carbocycles. The van der Waals surface area contributed by atoms with Crippen molar-refractivity contribution in [2.75, 3.05) is 12.5 Å². The maximum Gasteiger partial charge on any atom is 0.264 e. The van der Waals surface area contributed by atoms with Gasteiger partial charge in [-0.05, 0) is 18.2 Å². The Morgan fingerprint density at radius 1 is 1.25 bits per heavy atom. The molecular weight excluding hydrogens is 277 g/mol. The fourth-order valence-electron chi connectivity index (χ4n) is 0.990. The molecule has 0 aliphatic rings. The first kappa shape index (κ1) is 13.4. The molecular formula is C8H9ClFNO3S2. The van der Waals surface area contributed by atoms with E-state index in [-0.39, 0.29) is 5.69 Å². The van der Waals surface area contributed by atoms with E-state index in [9.17, 15) is 17.0 Å². The molecule has 1 aromatic carbocycles. The summed E-state index contributed by atoms with van der Waals surface area (Å²) in [6.07, 6.45) is 2.76. The van der Waals surface area contributed by atoms with E-state index >= 15 is 0 Å². The summed E-state index contributed by atoms with van der Waals surface area (Å²) in [7, 11) is -1.58. The molecule has 1 aromatic rings. The second-order valence-corrected chi connectivity index (χ2v) is 8.40. The lowest BCUT2D eigenvalue weighted by Crippen LogP contribution is -1.95. The fraction of sp³-hybridized carbons (Fsp3) is 0.250. The second kappa shape index (κ2) is 4.31. The average molecular weight is 286 g/mol. The van der Waals surface area contributed by atoms with Crippen molar-refractivity contribution < 1.29 is 17.0 Å². The lowest BCUT2D eigenvalue weighted by molar-refractivity contribution is 0.575. The Labute approximate surface area is 98.0 Å². The van der Waals surface area contributed by atoms with Gasteiger partial charge in [-0.15, -0.1) is 0 Å². The standard InChI is InChI=1S/C8H9ClFNO3S2/c1-15(2,12)11-6-3-4-7(10)8(5-6)16(9,13)14/h3-5H,1-2H3. The fourth-order valence-corrected chi connectivity index (χ4v) is 2.53. The molecule has 16 heavy (non-hydrogen) atoms. The summed E-state index contributed by atoms with van der Waals surface area (Å²) in [5.74, 6) is -0.965. The molecule has 0 radical (unpaired) electrons. The SMILES string of the molecule is CS(C)(=O)=Nc1ccc(F)c(S(=O)(=O)Cl)c1. The molecule has 0 saturated heterocycles. The van der Waals surface area contributed by atoms with Crippen LogP contribution >= 0.6 is 10.7 Å². The van der Waals surface area contributed by atoms with Gasteiger partial charge in [-0.2, -0.15) is 4.36 Å². The molecule has 0 bridgehead atoms. The molecule has 0 atom stereocenters. The van der Waals surface area contributed by atoms with Crippen LogP contribution in [0.2, 0.25) is 0 Å². The van der Waals surface area contributed by atoms with E-state index in [0.717, 1.165) is 12.1 Å². The molecule has 0 heterocycles. The Hall–Kier alpha value is -0.660. The Morgan fingerprint density at radius 3 is 2.25 bits per heavy atom. The Kier molecular flexibility index (Phi) is 3.61. The van der Waals surface area contributed by atoms with Gasteiger partial charge in [0.15, 0.2) is 0 Å². The molecule has 0 saturated carbocycles. The van der Waals surface area contributed by atoms with E-state index in [4.69, 9.17) is 10.7 Å². The van der Waals surface area contributed by atoms with E-state index < -0.39 is 29.5 Å². The first-order valence-corrected chi connectivity index (χ1v) is 8.65. The second-order valence-electron chi connectivity index (χ2n) is 3.33. The van der Waals surface area contributed by atoms with Gasteiger partial charge >= 0.3 is 0 Å². The quantitative estimate of drug-likeness (QED) is 0.782. The predicted octanol–water partition coefficient (Wildman–Crippen LogP) is 2.11. The molecule has 0 N–H and O–H groups in total. The highest BCUT2D eigenvalue weighted by Crippen LogP contribution is 2.24. The molecule has 4 nitrogen and oxygen atoms in total. The van der Waals surface area contributed by atoms with Gasteiger partial charge in [0.1, 0.15) is 10.7 Å². The van der Waals surface area contributed by atoms with Crippen LogP contribution in [0.3, 0.4) is 0 Å². The van der Waals surface area contributed by atoms with Crippen LogP contribution in [0.25, 0.3) is 0 Å². The van der Waals surface area contributed by atoms with Gasteiger partial charge in [-0.3, -0.25) is 0 Å². The van der Waals surface area contributed by atoms with E-state index in [2.05, 4.69) is 4.36 Å². The van der Waals surface area contributed by atoms with Crippen LogP contribution in [0.15, 0.2) is 27.5 Å². The summed E-state index contributed by atoms with van der Waals surface area (Å²) in [6.45, 7) is 0. The third-order valence-corrected chi connectivity index (χ3v) is 3.49. The van der Waals surface area contributed by atoms with E-state index in [0.29, 0.717) is 0 Å². The number of benzene rings is 1. The summed E-state index contributed by atoms with van der Waals surface area (Å²) in [5, 5.41) is 0. The van der Waals surface area contributed by atoms with Crippen molar-refractivity contribution >= 4 is 35.1 Å². The third kappa shape index (κ3) is 3.73. The zero-order valence-corrected chi connectivity index (χ0v) is 10.9. The van der Waals surface area contributed by atoms with Crippen molar-refractivity contribution in [2.45, 2.75) is 4.90 Å². The zero-order chi connectivity index (χ0) is 12.6. The zero-order valence-electron chi connectivity index (χ0n) is 8.48. The van der Waals surface area contributed by atoms with Gasteiger partial charge in [0, 0.05) is 32.9 Å². The first-order chi connectivity index (χ1) is 7.09. The average Bonchev–Trinajstić information content (AvgIpc) is 2.04. The summed E-state index contributed by atoms with van der Waals surface area (Å²) < 4.78 is 50.2. The van der Waals surface area contributed by atoms with Gasteiger partial charge in [0.2, 0.25) is 0 Å². The van der Waals surface area contributed by atoms with E-state index in [1.165, 1.54) is 18.6 Å². The molecule has 90 valence electrons. The normalized spacial score (nSPS) is 12.5. The van der Waals surface area contributed by atoms with Crippen LogP contribution in [0.1, 0.15) is 0 Å². The van der Waals surface area contributed by atoms with Crippen molar-refractivity contribution in [1.82, 2.24) is 0 Å². The molecule has 1 rings (SSSR count). The van der Waals surface area contributed by atoms with Crippen LogP contribution in [0, 0.1) is 5.82 Å². The molecule has 0 fully saturated rings. The Bertz CT molecular complexity index is 625. The molecule has 0 spiro atoms. The van der Waals surface area contributed by atoms with Crippen LogP contribution in [0.4, 0.5) is 10.1 Å². The Balaban J connectivity index is 3.47.